The van der Waals surface area contributed by atoms with Crippen LogP contribution in [0.2, 0.25) is 0 Å². The first-order valence-electron chi connectivity index (χ1n) is 3.43. The zero-order chi connectivity index (χ0) is 8.69. The summed E-state index contributed by atoms with van der Waals surface area (Å²) >= 11 is 4.88. The van der Waals surface area contributed by atoms with E-state index >= 15 is 0 Å². The van der Waals surface area contributed by atoms with Crippen molar-refractivity contribution >= 4 is 17.3 Å². The molecule has 0 rings (SSSR count). The van der Waals surface area contributed by atoms with Crippen molar-refractivity contribution in [1.29, 1.82) is 0 Å². The first-order valence-corrected chi connectivity index (χ1v) is 3.84. The normalized spacial score (nSPS) is 9.36. The van der Waals surface area contributed by atoms with Gasteiger partial charge in [0.25, 0.3) is 0 Å². The second-order valence-electron chi connectivity index (χ2n) is 2.19. The number of nitrogens with zero attached hydrogens (tertiary/aromatic N) is 1. The van der Waals surface area contributed by atoms with E-state index in [2.05, 4.69) is 5.32 Å². The molecule has 0 aromatic rings. The summed E-state index contributed by atoms with van der Waals surface area (Å²) in [5.74, 6) is 5.35. The zero-order valence-electron chi connectivity index (χ0n) is 6.96. The minimum Gasteiger partial charge on any atom is -0.385 e. The average Bonchev–Trinajstić information content (AvgIpc) is 1.97. The molecule has 11 heavy (non-hydrogen) atoms. The molecule has 0 radical (unpaired) electrons. The first-order chi connectivity index (χ1) is 5.18. The number of hydrogen-bond acceptors (Lipinski definition) is 3. The molecule has 0 aliphatic heterocycles. The van der Waals surface area contributed by atoms with Crippen LogP contribution in [0.25, 0.3) is 0 Å². The van der Waals surface area contributed by atoms with E-state index in [0.717, 1.165) is 19.6 Å². The predicted octanol–water partition coefficient (Wildman–Crippen LogP) is -0.297. The van der Waals surface area contributed by atoms with E-state index in [0.29, 0.717) is 5.11 Å². The molecule has 0 aromatic carbocycles. The molecule has 0 amide bonds. The summed E-state index contributed by atoms with van der Waals surface area (Å²) in [6.45, 7) is 1.54. The maximum atomic E-state index is 5.35. The van der Waals surface area contributed by atoms with Crippen molar-refractivity contribution in [2.24, 2.45) is 5.84 Å². The summed E-state index contributed by atoms with van der Waals surface area (Å²) in [5, 5.41) is 4.90. The van der Waals surface area contributed by atoms with Gasteiger partial charge in [0.2, 0.25) is 0 Å². The van der Waals surface area contributed by atoms with Gasteiger partial charge in [0, 0.05) is 27.3 Å². The molecule has 4 nitrogen and oxygen atoms in total. The molecule has 0 aromatic heterocycles. The van der Waals surface area contributed by atoms with Crippen LogP contribution in [0.15, 0.2) is 0 Å². The molecular weight excluding hydrogens is 162 g/mol. The van der Waals surface area contributed by atoms with Crippen molar-refractivity contribution in [2.45, 2.75) is 6.42 Å². The molecule has 0 unspecified atom stereocenters. The molecular formula is C6H15N3OS. The Morgan fingerprint density at radius 1 is 1.73 bits per heavy atom. The van der Waals surface area contributed by atoms with E-state index in [4.69, 9.17) is 22.8 Å². The molecule has 5 heteroatoms. The van der Waals surface area contributed by atoms with Crippen molar-refractivity contribution in [1.82, 2.24) is 10.3 Å². The molecule has 0 saturated heterocycles. The summed E-state index contributed by atoms with van der Waals surface area (Å²) in [5.41, 5.74) is 0. The standard InChI is InChI=1S/C6H15N3OS/c1-9(7)6(11)8-4-3-5-10-2/h3-5,7H2,1-2H3,(H,8,11). The van der Waals surface area contributed by atoms with E-state index < -0.39 is 0 Å². The first kappa shape index (κ1) is 10.6. The van der Waals surface area contributed by atoms with Gasteiger partial charge in [-0.25, -0.2) is 5.84 Å². The lowest BCUT2D eigenvalue weighted by atomic mass is 10.4. The third-order valence-corrected chi connectivity index (χ3v) is 1.55. The number of hydrazine groups is 1. The van der Waals surface area contributed by atoms with Crippen LogP contribution in [-0.4, -0.2) is 37.4 Å². The third-order valence-electron chi connectivity index (χ3n) is 1.12. The van der Waals surface area contributed by atoms with E-state index in [-0.39, 0.29) is 0 Å². The van der Waals surface area contributed by atoms with E-state index in [9.17, 15) is 0 Å². The molecule has 0 fully saturated rings. The lowest BCUT2D eigenvalue weighted by Crippen LogP contribution is -2.41. The van der Waals surface area contributed by atoms with Gasteiger partial charge in [-0.15, -0.1) is 0 Å². The fourth-order valence-electron chi connectivity index (χ4n) is 0.537. The topological polar surface area (TPSA) is 50.5 Å². The average molecular weight is 177 g/mol. The Hall–Kier alpha value is -0.390. The van der Waals surface area contributed by atoms with Crippen LogP contribution in [0.5, 0.6) is 0 Å². The smallest absolute Gasteiger partial charge is 0.183 e. The quantitative estimate of drug-likeness (QED) is 0.267. The van der Waals surface area contributed by atoms with Crippen LogP contribution >= 0.6 is 12.2 Å². The van der Waals surface area contributed by atoms with Crippen LogP contribution in [0, 0.1) is 0 Å². The van der Waals surface area contributed by atoms with Gasteiger partial charge >= 0.3 is 0 Å². The van der Waals surface area contributed by atoms with Crippen molar-refractivity contribution in [3.63, 3.8) is 0 Å². The van der Waals surface area contributed by atoms with E-state index in [1.807, 2.05) is 0 Å². The Bertz CT molecular complexity index is 118. The van der Waals surface area contributed by atoms with Crippen LogP contribution in [-0.2, 0) is 4.74 Å². The molecule has 66 valence electrons. The second kappa shape index (κ2) is 6.33. The highest BCUT2D eigenvalue weighted by atomic mass is 32.1. The highest BCUT2D eigenvalue weighted by Gasteiger charge is 1.95. The van der Waals surface area contributed by atoms with Gasteiger partial charge in [-0.3, -0.25) is 5.01 Å². The highest BCUT2D eigenvalue weighted by molar-refractivity contribution is 7.80. The minimum atomic E-state index is 0.557. The van der Waals surface area contributed by atoms with Crippen molar-refractivity contribution < 1.29 is 4.74 Å². The summed E-state index contributed by atoms with van der Waals surface area (Å²) in [6.07, 6.45) is 0.935. The van der Waals surface area contributed by atoms with E-state index in [1.165, 1.54) is 5.01 Å². The Morgan fingerprint density at radius 3 is 2.82 bits per heavy atom. The number of thiocarbonyl (C=S) groups is 1. The van der Waals surface area contributed by atoms with Crippen LogP contribution in [0.1, 0.15) is 6.42 Å². The van der Waals surface area contributed by atoms with Crippen LogP contribution in [0.4, 0.5) is 0 Å². The van der Waals surface area contributed by atoms with Gasteiger partial charge in [0.05, 0.1) is 0 Å². The van der Waals surface area contributed by atoms with Crippen molar-refractivity contribution in [2.75, 3.05) is 27.3 Å². The SMILES string of the molecule is COCCCNC(=S)N(C)N. The number of nitrogens with two attached hydrogens (primary N) is 1. The van der Waals surface area contributed by atoms with Gasteiger partial charge in [-0.2, -0.15) is 0 Å². The molecule has 0 heterocycles. The van der Waals surface area contributed by atoms with E-state index in [1.54, 1.807) is 14.2 Å². The molecule has 0 spiro atoms. The lowest BCUT2D eigenvalue weighted by molar-refractivity contribution is 0.195. The minimum absolute atomic E-state index is 0.557. The van der Waals surface area contributed by atoms with Gasteiger partial charge in [0.15, 0.2) is 5.11 Å². The molecule has 0 aliphatic carbocycles. The molecule has 0 saturated carbocycles. The maximum Gasteiger partial charge on any atom is 0.183 e. The Balaban J connectivity index is 3.18. The lowest BCUT2D eigenvalue weighted by Gasteiger charge is -2.14. The van der Waals surface area contributed by atoms with Gasteiger partial charge in [-0.05, 0) is 18.6 Å². The Morgan fingerprint density at radius 2 is 2.36 bits per heavy atom. The third kappa shape index (κ3) is 6.03. The summed E-state index contributed by atoms with van der Waals surface area (Å²) in [7, 11) is 3.37. The van der Waals surface area contributed by atoms with Gasteiger partial charge in [0.1, 0.15) is 0 Å². The number of hydrogen-bond donors (Lipinski definition) is 2. The summed E-state index contributed by atoms with van der Waals surface area (Å²) < 4.78 is 4.86. The predicted molar refractivity (Wildman–Crippen MR) is 49.0 cm³/mol. The highest BCUT2D eigenvalue weighted by Crippen LogP contribution is 1.79. The molecule has 0 bridgehead atoms. The number of ether oxygens (including phenoxy) is 1. The van der Waals surface area contributed by atoms with Crippen LogP contribution in [0.3, 0.4) is 0 Å². The van der Waals surface area contributed by atoms with Gasteiger partial charge in [-0.1, -0.05) is 0 Å². The summed E-state index contributed by atoms with van der Waals surface area (Å²) in [4.78, 5) is 0. The molecule has 0 aliphatic rings. The largest absolute Gasteiger partial charge is 0.385 e. The second-order valence-corrected chi connectivity index (χ2v) is 2.58. The fourth-order valence-corrected chi connectivity index (χ4v) is 0.639. The Labute approximate surface area is 72.7 Å². The van der Waals surface area contributed by atoms with Crippen LogP contribution < -0.4 is 11.2 Å². The maximum absolute atomic E-state index is 5.35. The van der Waals surface area contributed by atoms with Crippen molar-refractivity contribution in [3.8, 4) is 0 Å². The number of rotatable bonds is 4. The molecule has 3 N–H and O–H groups in total. The summed E-state index contributed by atoms with van der Waals surface area (Å²) in [6, 6.07) is 0. The molecule has 0 atom stereocenters. The fraction of sp³-hybridized carbons (Fsp3) is 0.833. The number of methoxy groups -OCH3 is 1. The van der Waals surface area contributed by atoms with Crippen molar-refractivity contribution in [3.05, 3.63) is 0 Å². The number of nitrogens with one attached hydrogen (secondary N) is 1. The monoisotopic (exact) mass is 177 g/mol. The Kier molecular flexibility index (Phi) is 6.10. The van der Waals surface area contributed by atoms with Gasteiger partial charge < -0.3 is 10.1 Å². The zero-order valence-corrected chi connectivity index (χ0v) is 7.78.